The van der Waals surface area contributed by atoms with Crippen LogP contribution in [0.1, 0.15) is 49.4 Å². The first-order valence-electron chi connectivity index (χ1n) is 13.7. The number of ether oxygens (including phenoxy) is 2. The SMILES string of the molecule is CCn1nc(C)cc1C(=O)Nc1nc2cc(C(N)=O)cc(C)c2n1C/C=C/CNc1c(N)cc(C(N)=O)c2c1OCCO2. The third-order valence-corrected chi connectivity index (χ3v) is 6.94. The zero-order chi connectivity index (χ0) is 30.8. The van der Waals surface area contributed by atoms with E-state index in [1.165, 1.54) is 6.07 Å². The van der Waals surface area contributed by atoms with Crippen LogP contribution in [0.25, 0.3) is 11.0 Å². The van der Waals surface area contributed by atoms with E-state index in [9.17, 15) is 14.4 Å². The number of hydrogen-bond donors (Lipinski definition) is 5. The second-order valence-corrected chi connectivity index (χ2v) is 9.97. The maximum Gasteiger partial charge on any atom is 0.276 e. The zero-order valence-electron chi connectivity index (χ0n) is 24.1. The van der Waals surface area contributed by atoms with Crippen LogP contribution >= 0.6 is 0 Å². The van der Waals surface area contributed by atoms with E-state index >= 15 is 0 Å². The predicted octanol–water partition coefficient (Wildman–Crippen LogP) is 2.34. The number of nitrogen functional groups attached to an aromatic ring is 1. The Kier molecular flexibility index (Phi) is 7.92. The second kappa shape index (κ2) is 11.8. The van der Waals surface area contributed by atoms with Gasteiger partial charge in [-0.25, -0.2) is 4.98 Å². The summed E-state index contributed by atoms with van der Waals surface area (Å²) in [4.78, 5) is 41.6. The van der Waals surface area contributed by atoms with Crippen molar-refractivity contribution in [2.75, 3.05) is 36.1 Å². The number of imidazole rings is 1. The summed E-state index contributed by atoms with van der Waals surface area (Å²) in [5, 5.41) is 10.5. The number of nitrogens with one attached hydrogen (secondary N) is 2. The molecule has 5 rings (SSSR count). The minimum atomic E-state index is -0.664. The molecule has 0 saturated carbocycles. The number of fused-ring (bicyclic) bond motifs is 2. The van der Waals surface area contributed by atoms with Gasteiger partial charge in [-0.15, -0.1) is 0 Å². The Hall–Kier alpha value is -5.53. The molecule has 2 aromatic heterocycles. The van der Waals surface area contributed by atoms with E-state index in [4.69, 9.17) is 26.7 Å². The fraction of sp³-hybridized carbons (Fsp3) is 0.276. The Bertz CT molecular complexity index is 1790. The van der Waals surface area contributed by atoms with Crippen molar-refractivity contribution in [1.29, 1.82) is 0 Å². The molecule has 3 heterocycles. The van der Waals surface area contributed by atoms with Gasteiger partial charge in [0.25, 0.3) is 11.8 Å². The summed E-state index contributed by atoms with van der Waals surface area (Å²) in [6.07, 6.45) is 3.76. The van der Waals surface area contributed by atoms with Crippen molar-refractivity contribution >= 4 is 46.1 Å². The van der Waals surface area contributed by atoms with Crippen molar-refractivity contribution in [3.63, 3.8) is 0 Å². The molecule has 2 aromatic carbocycles. The van der Waals surface area contributed by atoms with Crippen LogP contribution in [0.4, 0.5) is 17.3 Å². The molecule has 0 radical (unpaired) electrons. The third-order valence-electron chi connectivity index (χ3n) is 6.94. The first-order chi connectivity index (χ1) is 20.6. The van der Waals surface area contributed by atoms with Crippen LogP contribution in [0, 0.1) is 13.8 Å². The molecule has 14 nitrogen and oxygen atoms in total. The summed E-state index contributed by atoms with van der Waals surface area (Å²) in [5.74, 6) is -0.702. The van der Waals surface area contributed by atoms with Gasteiger partial charge in [-0.1, -0.05) is 12.2 Å². The molecule has 1 aliphatic rings. The molecule has 0 atom stereocenters. The summed E-state index contributed by atoms with van der Waals surface area (Å²) in [5.41, 5.74) is 21.6. The zero-order valence-corrected chi connectivity index (χ0v) is 24.1. The number of carbonyl (C=O) groups is 3. The lowest BCUT2D eigenvalue weighted by Gasteiger charge is -2.24. The summed E-state index contributed by atoms with van der Waals surface area (Å²) in [6, 6.07) is 6.47. The predicted molar refractivity (Wildman–Crippen MR) is 162 cm³/mol. The average molecular weight is 588 g/mol. The van der Waals surface area contributed by atoms with Gasteiger partial charge >= 0.3 is 0 Å². The monoisotopic (exact) mass is 587 g/mol. The Morgan fingerprint density at radius 2 is 1.77 bits per heavy atom. The molecule has 224 valence electrons. The van der Waals surface area contributed by atoms with E-state index in [1.807, 2.05) is 37.5 Å². The van der Waals surface area contributed by atoms with Crippen LogP contribution in [0.15, 0.2) is 36.4 Å². The lowest BCUT2D eigenvalue weighted by Crippen LogP contribution is -2.22. The fourth-order valence-electron chi connectivity index (χ4n) is 5.05. The van der Waals surface area contributed by atoms with Gasteiger partial charge in [0, 0.05) is 25.2 Å². The molecule has 1 aliphatic heterocycles. The molecule has 0 aliphatic carbocycles. The standard InChI is InChI=1S/C29H33N9O5/c1-4-38-21(12-16(3)36-38)28(41)35-29-34-20-13-17(26(31)39)11-15(2)23(20)37(29)8-6-5-7-33-22-19(30)14-18(27(32)40)24-25(22)43-10-9-42-24/h5-6,11-14,33H,4,7-10,30H2,1-3H3,(H2,31,39)(H2,32,40)(H,34,35,41)/b6-5+. The lowest BCUT2D eigenvalue weighted by molar-refractivity contribution is 0.0984. The average Bonchev–Trinajstić information content (AvgIpc) is 3.53. The number of primary amides is 2. The van der Waals surface area contributed by atoms with Crippen LogP contribution < -0.4 is 37.3 Å². The van der Waals surface area contributed by atoms with Gasteiger partial charge in [0.1, 0.15) is 24.6 Å². The highest BCUT2D eigenvalue weighted by atomic mass is 16.6. The van der Waals surface area contributed by atoms with E-state index in [2.05, 4.69) is 20.7 Å². The molecule has 0 unspecified atom stereocenters. The molecule has 0 saturated heterocycles. The molecule has 4 aromatic rings. The van der Waals surface area contributed by atoms with E-state index in [0.717, 1.165) is 16.8 Å². The second-order valence-electron chi connectivity index (χ2n) is 9.97. The number of allylic oxidation sites excluding steroid dienone is 1. The molecule has 14 heteroatoms. The summed E-state index contributed by atoms with van der Waals surface area (Å²) in [7, 11) is 0. The smallest absolute Gasteiger partial charge is 0.276 e. The van der Waals surface area contributed by atoms with Crippen molar-refractivity contribution in [1.82, 2.24) is 19.3 Å². The first kappa shape index (κ1) is 29.0. The molecular weight excluding hydrogens is 554 g/mol. The van der Waals surface area contributed by atoms with Crippen LogP contribution in [-0.4, -0.2) is 56.8 Å². The molecule has 8 N–H and O–H groups in total. The highest BCUT2D eigenvalue weighted by molar-refractivity contribution is 6.04. The third kappa shape index (κ3) is 5.66. The molecule has 0 spiro atoms. The number of amides is 3. The van der Waals surface area contributed by atoms with Crippen molar-refractivity contribution < 1.29 is 23.9 Å². The normalized spacial score (nSPS) is 12.5. The molecule has 0 fully saturated rings. The number of nitrogens with two attached hydrogens (primary N) is 3. The Morgan fingerprint density at radius 3 is 2.47 bits per heavy atom. The number of aromatic nitrogens is 4. The van der Waals surface area contributed by atoms with Crippen LogP contribution in [0.2, 0.25) is 0 Å². The highest BCUT2D eigenvalue weighted by Gasteiger charge is 2.25. The Morgan fingerprint density at radius 1 is 1.02 bits per heavy atom. The quantitative estimate of drug-likeness (QED) is 0.136. The summed E-state index contributed by atoms with van der Waals surface area (Å²) in [6.45, 7) is 7.38. The van der Waals surface area contributed by atoms with Crippen LogP contribution in [0.5, 0.6) is 11.5 Å². The van der Waals surface area contributed by atoms with Gasteiger partial charge in [-0.3, -0.25) is 24.4 Å². The van der Waals surface area contributed by atoms with Gasteiger partial charge in [-0.05, 0) is 50.6 Å². The fourth-order valence-corrected chi connectivity index (χ4v) is 5.05. The van der Waals surface area contributed by atoms with Crippen molar-refractivity contribution in [2.45, 2.75) is 33.9 Å². The molecule has 43 heavy (non-hydrogen) atoms. The Balaban J connectivity index is 1.41. The van der Waals surface area contributed by atoms with Crippen molar-refractivity contribution in [3.05, 3.63) is 64.5 Å². The lowest BCUT2D eigenvalue weighted by atomic mass is 10.1. The van der Waals surface area contributed by atoms with Crippen molar-refractivity contribution in [2.24, 2.45) is 11.5 Å². The van der Waals surface area contributed by atoms with Gasteiger partial charge in [0.15, 0.2) is 11.5 Å². The number of aryl methyl sites for hydroxylation is 3. The first-order valence-corrected chi connectivity index (χ1v) is 13.7. The van der Waals surface area contributed by atoms with Gasteiger partial charge < -0.3 is 36.6 Å². The maximum atomic E-state index is 13.3. The molecule has 0 bridgehead atoms. The minimum Gasteiger partial charge on any atom is -0.485 e. The number of carbonyl (C=O) groups excluding carboxylic acids is 3. The largest absolute Gasteiger partial charge is 0.485 e. The summed E-state index contributed by atoms with van der Waals surface area (Å²) < 4.78 is 14.8. The maximum absolute atomic E-state index is 13.3. The van der Waals surface area contributed by atoms with Crippen molar-refractivity contribution in [3.8, 4) is 11.5 Å². The Labute approximate surface area is 246 Å². The minimum absolute atomic E-state index is 0.155. The number of nitrogens with zero attached hydrogens (tertiary/aromatic N) is 4. The van der Waals surface area contributed by atoms with E-state index in [0.29, 0.717) is 66.1 Å². The number of benzene rings is 2. The molecule has 3 amide bonds. The van der Waals surface area contributed by atoms with E-state index in [1.54, 1.807) is 22.9 Å². The number of anilines is 3. The highest BCUT2D eigenvalue weighted by Crippen LogP contribution is 2.44. The van der Waals surface area contributed by atoms with Crippen LogP contribution in [0.3, 0.4) is 0 Å². The number of hydrogen-bond acceptors (Lipinski definition) is 9. The van der Waals surface area contributed by atoms with Crippen LogP contribution in [-0.2, 0) is 13.1 Å². The van der Waals surface area contributed by atoms with Gasteiger partial charge in [0.2, 0.25) is 11.9 Å². The van der Waals surface area contributed by atoms with Gasteiger partial charge in [0.05, 0.1) is 28.0 Å². The number of rotatable bonds is 10. The van der Waals surface area contributed by atoms with Gasteiger partial charge in [-0.2, -0.15) is 5.10 Å². The summed E-state index contributed by atoms with van der Waals surface area (Å²) >= 11 is 0. The molecular formula is C29H33N9O5. The van der Waals surface area contributed by atoms with E-state index < -0.39 is 11.8 Å². The van der Waals surface area contributed by atoms with E-state index in [-0.39, 0.29) is 23.8 Å². The topological polar surface area (TPSA) is 207 Å².